The average Bonchev–Trinajstić information content (AvgIpc) is 2.53. The van der Waals surface area contributed by atoms with Crippen LogP contribution in [0.25, 0.3) is 0 Å². The van der Waals surface area contributed by atoms with Crippen LogP contribution in [-0.2, 0) is 11.3 Å². The maximum absolute atomic E-state index is 12.3. The van der Waals surface area contributed by atoms with Crippen LogP contribution in [0.2, 0.25) is 0 Å². The topological polar surface area (TPSA) is 137 Å². The van der Waals surface area contributed by atoms with Gasteiger partial charge in [-0.1, -0.05) is 27.2 Å². The van der Waals surface area contributed by atoms with Gasteiger partial charge in [0.15, 0.2) is 0 Å². The Labute approximate surface area is 152 Å². The molecule has 9 heteroatoms. The number of carbonyl (C=O) groups excluding carboxylic acids is 1. The van der Waals surface area contributed by atoms with Crippen molar-refractivity contribution in [1.29, 1.82) is 5.26 Å². The SMILES string of the molecule is CCCCn1c(N)c(N(C)CC(=O)NC(C)(C#N)C(C)C)c(=O)[nH]c1=O. The maximum atomic E-state index is 12.3. The quantitative estimate of drug-likeness (QED) is 0.611. The van der Waals surface area contributed by atoms with E-state index in [1.807, 2.05) is 20.8 Å². The molecule has 0 aliphatic rings. The highest BCUT2D eigenvalue weighted by atomic mass is 16.2. The number of likely N-dealkylation sites (N-methyl/N-ethyl adjacent to an activating group) is 1. The normalized spacial score (nSPS) is 13.1. The predicted octanol–water partition coefficient (Wildman–Crippen LogP) is 0.410. The first-order valence-electron chi connectivity index (χ1n) is 8.63. The van der Waals surface area contributed by atoms with Gasteiger partial charge in [-0.3, -0.25) is 19.1 Å². The van der Waals surface area contributed by atoms with Crippen molar-refractivity contribution in [2.45, 2.75) is 52.6 Å². The van der Waals surface area contributed by atoms with Crippen molar-refractivity contribution in [3.63, 3.8) is 0 Å². The summed E-state index contributed by atoms with van der Waals surface area (Å²) in [5.74, 6) is -0.490. The molecule has 1 rings (SSSR count). The second kappa shape index (κ2) is 8.56. The van der Waals surface area contributed by atoms with E-state index in [1.165, 1.54) is 16.5 Å². The summed E-state index contributed by atoms with van der Waals surface area (Å²) in [5.41, 5.74) is 3.84. The number of nitrogens with two attached hydrogens (primary N) is 1. The zero-order valence-electron chi connectivity index (χ0n) is 16.0. The van der Waals surface area contributed by atoms with Crippen molar-refractivity contribution in [3.8, 4) is 6.07 Å². The molecule has 1 aromatic rings. The number of nitrogens with one attached hydrogen (secondary N) is 2. The van der Waals surface area contributed by atoms with Gasteiger partial charge >= 0.3 is 5.69 Å². The molecular formula is C17H28N6O3. The average molecular weight is 364 g/mol. The lowest BCUT2D eigenvalue weighted by Crippen LogP contribution is -2.52. The highest BCUT2D eigenvalue weighted by molar-refractivity contribution is 5.83. The molecule has 0 radical (unpaired) electrons. The molecule has 0 saturated heterocycles. The standard InChI is InChI=1S/C17H28N6O3/c1-6-7-8-23-14(19)13(15(25)20-16(23)26)22(5)9-12(24)21-17(4,10-18)11(2)3/h11H,6-9,19H2,1-5H3,(H,21,24)(H,20,25,26). The number of nitriles is 1. The fourth-order valence-corrected chi connectivity index (χ4v) is 2.41. The Morgan fingerprint density at radius 2 is 2.08 bits per heavy atom. The molecule has 1 heterocycles. The Bertz CT molecular complexity index is 804. The molecule has 1 aromatic heterocycles. The van der Waals surface area contributed by atoms with Crippen LogP contribution in [0.15, 0.2) is 9.59 Å². The van der Waals surface area contributed by atoms with Gasteiger partial charge in [-0.25, -0.2) is 4.79 Å². The fraction of sp³-hybridized carbons (Fsp3) is 0.647. The van der Waals surface area contributed by atoms with Crippen molar-refractivity contribution >= 4 is 17.4 Å². The Morgan fingerprint density at radius 3 is 2.58 bits per heavy atom. The summed E-state index contributed by atoms with van der Waals surface area (Å²) in [7, 11) is 1.54. The zero-order valence-corrected chi connectivity index (χ0v) is 16.0. The van der Waals surface area contributed by atoms with E-state index in [0.29, 0.717) is 6.54 Å². The third kappa shape index (κ3) is 4.65. The number of aromatic nitrogens is 2. The van der Waals surface area contributed by atoms with Crippen molar-refractivity contribution < 1.29 is 4.79 Å². The Morgan fingerprint density at radius 1 is 1.46 bits per heavy atom. The van der Waals surface area contributed by atoms with Crippen LogP contribution in [0, 0.1) is 17.2 Å². The number of H-pyrrole nitrogens is 1. The molecule has 0 aliphatic carbocycles. The Hall–Kier alpha value is -2.76. The highest BCUT2D eigenvalue weighted by Crippen LogP contribution is 2.17. The van der Waals surface area contributed by atoms with Gasteiger partial charge in [0.25, 0.3) is 5.56 Å². The molecule has 0 spiro atoms. The van der Waals surface area contributed by atoms with E-state index in [4.69, 9.17) is 5.73 Å². The number of amides is 1. The monoisotopic (exact) mass is 364 g/mol. The first kappa shape index (κ1) is 21.3. The molecule has 144 valence electrons. The number of unbranched alkanes of at least 4 members (excludes halogenated alkanes) is 1. The summed E-state index contributed by atoms with van der Waals surface area (Å²) in [6, 6.07) is 2.10. The summed E-state index contributed by atoms with van der Waals surface area (Å²) >= 11 is 0. The van der Waals surface area contributed by atoms with Gasteiger partial charge in [-0.05, 0) is 19.3 Å². The van der Waals surface area contributed by atoms with Crippen LogP contribution in [0.4, 0.5) is 11.5 Å². The van der Waals surface area contributed by atoms with Crippen LogP contribution < -0.4 is 27.2 Å². The van der Waals surface area contributed by atoms with Crippen molar-refractivity contribution in [1.82, 2.24) is 14.9 Å². The molecule has 1 amide bonds. The second-order valence-corrected chi connectivity index (χ2v) is 6.87. The van der Waals surface area contributed by atoms with Gasteiger partial charge in [-0.2, -0.15) is 5.26 Å². The largest absolute Gasteiger partial charge is 0.383 e. The summed E-state index contributed by atoms with van der Waals surface area (Å²) < 4.78 is 1.29. The van der Waals surface area contributed by atoms with Gasteiger partial charge in [0, 0.05) is 13.6 Å². The molecule has 0 saturated carbocycles. The molecule has 9 nitrogen and oxygen atoms in total. The number of hydrogen-bond donors (Lipinski definition) is 3. The Kier molecular flexibility index (Phi) is 7.01. The first-order valence-corrected chi connectivity index (χ1v) is 8.63. The molecule has 1 atom stereocenters. The molecule has 1 unspecified atom stereocenters. The number of aromatic amines is 1. The van der Waals surface area contributed by atoms with Crippen LogP contribution in [0.5, 0.6) is 0 Å². The predicted molar refractivity (Wildman–Crippen MR) is 101 cm³/mol. The Balaban J connectivity index is 3.09. The van der Waals surface area contributed by atoms with Crippen LogP contribution in [0.3, 0.4) is 0 Å². The molecule has 4 N–H and O–H groups in total. The minimum Gasteiger partial charge on any atom is -0.383 e. The van der Waals surface area contributed by atoms with Gasteiger partial charge < -0.3 is 16.0 Å². The third-order valence-corrected chi connectivity index (χ3v) is 4.50. The highest BCUT2D eigenvalue weighted by Gasteiger charge is 2.30. The molecule has 0 bridgehead atoms. The van der Waals surface area contributed by atoms with E-state index < -0.39 is 22.7 Å². The second-order valence-electron chi connectivity index (χ2n) is 6.87. The lowest BCUT2D eigenvalue weighted by molar-refractivity contribution is -0.121. The zero-order chi connectivity index (χ0) is 20.1. The van der Waals surface area contributed by atoms with Crippen molar-refractivity contribution in [3.05, 3.63) is 20.8 Å². The summed E-state index contributed by atoms with van der Waals surface area (Å²) in [6.45, 7) is 7.49. The molecular weight excluding hydrogens is 336 g/mol. The van der Waals surface area contributed by atoms with E-state index in [0.717, 1.165) is 12.8 Å². The van der Waals surface area contributed by atoms with E-state index in [-0.39, 0.29) is 24.0 Å². The number of rotatable bonds is 8. The summed E-state index contributed by atoms with van der Waals surface area (Å²) in [5, 5.41) is 12.0. The number of nitrogens with zero attached hydrogens (tertiary/aromatic N) is 3. The lowest BCUT2D eigenvalue weighted by Gasteiger charge is -2.29. The third-order valence-electron chi connectivity index (χ3n) is 4.50. The van der Waals surface area contributed by atoms with E-state index in [9.17, 15) is 19.6 Å². The maximum Gasteiger partial charge on any atom is 0.330 e. The smallest absolute Gasteiger partial charge is 0.330 e. The summed E-state index contributed by atoms with van der Waals surface area (Å²) in [4.78, 5) is 40.1. The minimum atomic E-state index is -1.02. The van der Waals surface area contributed by atoms with Gasteiger partial charge in [0.1, 0.15) is 17.0 Å². The van der Waals surface area contributed by atoms with Crippen LogP contribution >= 0.6 is 0 Å². The van der Waals surface area contributed by atoms with E-state index in [2.05, 4.69) is 16.4 Å². The lowest BCUT2D eigenvalue weighted by atomic mass is 9.90. The van der Waals surface area contributed by atoms with Crippen molar-refractivity contribution in [2.75, 3.05) is 24.2 Å². The first-order chi connectivity index (χ1) is 12.1. The number of carbonyl (C=O) groups is 1. The van der Waals surface area contributed by atoms with Crippen molar-refractivity contribution in [2.24, 2.45) is 5.92 Å². The molecule has 0 aromatic carbocycles. The van der Waals surface area contributed by atoms with Gasteiger partial charge in [-0.15, -0.1) is 0 Å². The minimum absolute atomic E-state index is 0.0226. The van der Waals surface area contributed by atoms with Gasteiger partial charge in [0.05, 0.1) is 12.6 Å². The fourth-order valence-electron chi connectivity index (χ4n) is 2.41. The van der Waals surface area contributed by atoms with Gasteiger partial charge in [0.2, 0.25) is 5.91 Å². The summed E-state index contributed by atoms with van der Waals surface area (Å²) in [6.07, 6.45) is 1.59. The number of nitrogen functional groups attached to an aromatic ring is 1. The van der Waals surface area contributed by atoms with E-state index in [1.54, 1.807) is 6.92 Å². The van der Waals surface area contributed by atoms with Crippen LogP contribution in [0.1, 0.15) is 40.5 Å². The van der Waals surface area contributed by atoms with Crippen LogP contribution in [-0.4, -0.2) is 34.6 Å². The molecule has 0 aliphatic heterocycles. The molecule has 26 heavy (non-hydrogen) atoms. The number of anilines is 2. The number of hydrogen-bond acceptors (Lipinski definition) is 6. The van der Waals surface area contributed by atoms with E-state index >= 15 is 0 Å². The molecule has 0 fully saturated rings.